The Morgan fingerprint density at radius 1 is 1.50 bits per heavy atom. The molecule has 0 aliphatic carbocycles. The van der Waals surface area contributed by atoms with Crippen LogP contribution in [0.3, 0.4) is 0 Å². The first-order valence-corrected chi connectivity index (χ1v) is 6.11. The number of aromatic carboxylic acids is 1. The molecule has 1 aromatic heterocycles. The molecule has 2 rings (SSSR count). The fourth-order valence-corrected chi connectivity index (χ4v) is 2.74. The maximum absolute atomic E-state index is 11.0. The van der Waals surface area contributed by atoms with Crippen LogP contribution in [0.1, 0.15) is 10.4 Å². The summed E-state index contributed by atoms with van der Waals surface area (Å²) in [5.74, 6) is -1.01. The van der Waals surface area contributed by atoms with Crippen molar-refractivity contribution >= 4 is 40.9 Å². The van der Waals surface area contributed by atoms with E-state index in [0.717, 1.165) is 0 Å². The third-order valence-electron chi connectivity index (χ3n) is 1.71. The summed E-state index contributed by atoms with van der Waals surface area (Å²) in [5.41, 5.74) is 0.174. The van der Waals surface area contributed by atoms with Gasteiger partial charge < -0.3 is 5.11 Å². The molecule has 4 nitrogen and oxygen atoms in total. The van der Waals surface area contributed by atoms with Crippen LogP contribution in [0.4, 0.5) is 0 Å². The molecular formula is C9H5ClN2O2S2. The van der Waals surface area contributed by atoms with Crippen molar-refractivity contribution < 1.29 is 9.90 Å². The molecule has 0 bridgehead atoms. The normalized spacial score (nSPS) is 10.3. The average molecular weight is 273 g/mol. The molecule has 0 aliphatic rings. The standard InChI is InChI=1S/C9H5ClN2O2S2/c10-5-1-2-7(6(3-5)8(13)14)15-9-11-4-12-16-9/h1-4H,(H,13,14). The Bertz CT molecular complexity index is 516. The van der Waals surface area contributed by atoms with Crippen LogP contribution in [0, 0.1) is 0 Å². The molecule has 0 amide bonds. The summed E-state index contributed by atoms with van der Waals surface area (Å²) in [6, 6.07) is 4.74. The SMILES string of the molecule is O=C(O)c1cc(Cl)ccc1Sc1ncns1. The van der Waals surface area contributed by atoms with E-state index in [0.29, 0.717) is 14.3 Å². The molecule has 1 aromatic carbocycles. The van der Waals surface area contributed by atoms with Crippen molar-refractivity contribution in [2.45, 2.75) is 9.24 Å². The van der Waals surface area contributed by atoms with E-state index in [1.165, 1.54) is 35.7 Å². The first kappa shape index (κ1) is 11.4. The van der Waals surface area contributed by atoms with Crippen LogP contribution >= 0.6 is 34.9 Å². The molecule has 7 heteroatoms. The van der Waals surface area contributed by atoms with E-state index in [-0.39, 0.29) is 5.56 Å². The maximum Gasteiger partial charge on any atom is 0.336 e. The summed E-state index contributed by atoms with van der Waals surface area (Å²) in [4.78, 5) is 15.6. The lowest BCUT2D eigenvalue weighted by molar-refractivity contribution is 0.0693. The Morgan fingerprint density at radius 2 is 2.31 bits per heavy atom. The van der Waals surface area contributed by atoms with E-state index in [1.807, 2.05) is 0 Å². The predicted molar refractivity (Wildman–Crippen MR) is 62.4 cm³/mol. The van der Waals surface area contributed by atoms with Gasteiger partial charge in [-0.1, -0.05) is 23.4 Å². The zero-order chi connectivity index (χ0) is 11.5. The zero-order valence-electron chi connectivity index (χ0n) is 7.75. The van der Waals surface area contributed by atoms with Gasteiger partial charge in [-0.15, -0.1) is 0 Å². The minimum Gasteiger partial charge on any atom is -0.478 e. The van der Waals surface area contributed by atoms with Gasteiger partial charge in [-0.3, -0.25) is 0 Å². The van der Waals surface area contributed by atoms with Gasteiger partial charge >= 0.3 is 5.97 Å². The lowest BCUT2D eigenvalue weighted by Gasteiger charge is -2.03. The van der Waals surface area contributed by atoms with Crippen LogP contribution in [0.15, 0.2) is 33.8 Å². The van der Waals surface area contributed by atoms with Crippen LogP contribution < -0.4 is 0 Å². The Kier molecular flexibility index (Phi) is 3.42. The van der Waals surface area contributed by atoms with E-state index in [4.69, 9.17) is 16.7 Å². The van der Waals surface area contributed by atoms with Crippen molar-refractivity contribution in [2.24, 2.45) is 0 Å². The minimum absolute atomic E-state index is 0.174. The number of aromatic nitrogens is 2. The molecule has 82 valence electrons. The Hall–Kier alpha value is -1.11. The van der Waals surface area contributed by atoms with Crippen molar-refractivity contribution in [3.8, 4) is 0 Å². The summed E-state index contributed by atoms with van der Waals surface area (Å²) in [6.45, 7) is 0. The van der Waals surface area contributed by atoms with E-state index < -0.39 is 5.97 Å². The molecular weight excluding hydrogens is 268 g/mol. The highest BCUT2D eigenvalue weighted by molar-refractivity contribution is 8.01. The lowest BCUT2D eigenvalue weighted by Crippen LogP contribution is -1.98. The summed E-state index contributed by atoms with van der Waals surface area (Å²) >= 11 is 8.23. The van der Waals surface area contributed by atoms with E-state index >= 15 is 0 Å². The van der Waals surface area contributed by atoms with Crippen LogP contribution in [-0.4, -0.2) is 20.4 Å². The zero-order valence-corrected chi connectivity index (χ0v) is 10.1. The van der Waals surface area contributed by atoms with Gasteiger partial charge in [-0.25, -0.2) is 9.78 Å². The number of carboxylic acids is 1. The first-order chi connectivity index (χ1) is 7.66. The fraction of sp³-hybridized carbons (Fsp3) is 0. The third-order valence-corrected chi connectivity index (χ3v) is 3.74. The number of halogens is 1. The van der Waals surface area contributed by atoms with Crippen molar-refractivity contribution in [1.29, 1.82) is 0 Å². The van der Waals surface area contributed by atoms with E-state index in [2.05, 4.69) is 9.36 Å². The van der Waals surface area contributed by atoms with Crippen LogP contribution in [0.2, 0.25) is 5.02 Å². The third kappa shape index (κ3) is 2.52. The quantitative estimate of drug-likeness (QED) is 0.930. The second kappa shape index (κ2) is 4.82. The molecule has 1 N–H and O–H groups in total. The second-order valence-corrected chi connectivity index (χ2v) is 5.26. The highest BCUT2D eigenvalue weighted by atomic mass is 35.5. The fourth-order valence-electron chi connectivity index (χ4n) is 1.06. The Labute approximate surface area is 104 Å². The van der Waals surface area contributed by atoms with Crippen molar-refractivity contribution in [1.82, 2.24) is 9.36 Å². The van der Waals surface area contributed by atoms with Gasteiger partial charge in [-0.2, -0.15) is 4.37 Å². The Balaban J connectivity index is 2.36. The van der Waals surface area contributed by atoms with Gasteiger partial charge in [0.05, 0.1) is 5.56 Å². The van der Waals surface area contributed by atoms with Gasteiger partial charge in [0.25, 0.3) is 0 Å². The highest BCUT2D eigenvalue weighted by Gasteiger charge is 2.13. The first-order valence-electron chi connectivity index (χ1n) is 4.14. The summed E-state index contributed by atoms with van der Waals surface area (Å²) < 4.78 is 4.55. The smallest absolute Gasteiger partial charge is 0.336 e. The Morgan fingerprint density at radius 3 is 2.94 bits per heavy atom. The van der Waals surface area contributed by atoms with Crippen molar-refractivity contribution in [2.75, 3.05) is 0 Å². The lowest BCUT2D eigenvalue weighted by atomic mass is 10.2. The van der Waals surface area contributed by atoms with E-state index in [1.54, 1.807) is 12.1 Å². The molecule has 1 heterocycles. The second-order valence-electron chi connectivity index (χ2n) is 2.75. The number of carbonyl (C=O) groups is 1. The molecule has 2 aromatic rings. The molecule has 0 spiro atoms. The van der Waals surface area contributed by atoms with Gasteiger partial charge in [0.2, 0.25) is 0 Å². The molecule has 0 saturated heterocycles. The van der Waals surface area contributed by atoms with Gasteiger partial charge in [0.1, 0.15) is 6.33 Å². The molecule has 0 aliphatic heterocycles. The molecule has 0 unspecified atom stereocenters. The molecule has 0 radical (unpaired) electrons. The number of nitrogens with zero attached hydrogens (tertiary/aromatic N) is 2. The monoisotopic (exact) mass is 272 g/mol. The topological polar surface area (TPSA) is 63.1 Å². The van der Waals surface area contributed by atoms with Crippen molar-refractivity contribution in [3.05, 3.63) is 35.1 Å². The molecule has 16 heavy (non-hydrogen) atoms. The summed E-state index contributed by atoms with van der Waals surface area (Å²) in [6.07, 6.45) is 1.43. The van der Waals surface area contributed by atoms with Crippen LogP contribution in [0.25, 0.3) is 0 Å². The average Bonchev–Trinajstić information content (AvgIpc) is 2.73. The van der Waals surface area contributed by atoms with Gasteiger partial charge in [-0.05, 0) is 29.7 Å². The highest BCUT2D eigenvalue weighted by Crippen LogP contribution is 2.32. The van der Waals surface area contributed by atoms with Crippen molar-refractivity contribution in [3.63, 3.8) is 0 Å². The minimum atomic E-state index is -1.01. The summed E-state index contributed by atoms with van der Waals surface area (Å²) in [5, 5.41) is 9.42. The number of rotatable bonds is 3. The molecule has 0 atom stereocenters. The van der Waals surface area contributed by atoms with Crippen LogP contribution in [0.5, 0.6) is 0 Å². The predicted octanol–water partition coefficient (Wildman–Crippen LogP) is 3.04. The molecule has 0 saturated carbocycles. The summed E-state index contributed by atoms with van der Waals surface area (Å²) in [7, 11) is 0. The maximum atomic E-state index is 11.0. The molecule has 0 fully saturated rings. The largest absolute Gasteiger partial charge is 0.478 e. The number of benzene rings is 1. The van der Waals surface area contributed by atoms with Gasteiger partial charge in [0, 0.05) is 9.92 Å². The number of hydrogen-bond acceptors (Lipinski definition) is 5. The number of carboxylic acid groups (broad SMARTS) is 1. The van der Waals surface area contributed by atoms with E-state index in [9.17, 15) is 4.79 Å². The van der Waals surface area contributed by atoms with Crippen LogP contribution in [-0.2, 0) is 0 Å². The number of hydrogen-bond donors (Lipinski definition) is 1. The van der Waals surface area contributed by atoms with Gasteiger partial charge in [0.15, 0.2) is 4.34 Å².